The van der Waals surface area contributed by atoms with Crippen LogP contribution in [0.1, 0.15) is 36.5 Å². The summed E-state index contributed by atoms with van der Waals surface area (Å²) in [5.41, 5.74) is 1.30. The minimum Gasteiger partial charge on any atom is -0.329 e. The van der Waals surface area contributed by atoms with Gasteiger partial charge in [0.25, 0.3) is 0 Å². The van der Waals surface area contributed by atoms with Gasteiger partial charge in [-0.1, -0.05) is 42.1 Å². The van der Waals surface area contributed by atoms with Crippen LogP contribution >= 0.6 is 11.8 Å². The van der Waals surface area contributed by atoms with Gasteiger partial charge in [-0.3, -0.25) is 4.79 Å². The molecule has 3 rings (SSSR count). The summed E-state index contributed by atoms with van der Waals surface area (Å²) in [7, 11) is 2.02. The number of nitrogens with zero attached hydrogens (tertiary/aromatic N) is 2. The van der Waals surface area contributed by atoms with Gasteiger partial charge in [0.1, 0.15) is 5.78 Å². The molecule has 21 heavy (non-hydrogen) atoms. The lowest BCUT2D eigenvalue weighted by molar-refractivity contribution is -0.121. The van der Waals surface area contributed by atoms with Gasteiger partial charge < -0.3 is 4.57 Å². The van der Waals surface area contributed by atoms with Crippen LogP contribution in [0, 0.1) is 5.92 Å². The molecule has 1 aliphatic carbocycles. The van der Waals surface area contributed by atoms with Crippen molar-refractivity contribution in [2.45, 2.75) is 36.1 Å². The summed E-state index contributed by atoms with van der Waals surface area (Å²) < 4.78 is 2.05. The van der Waals surface area contributed by atoms with Gasteiger partial charge in [-0.15, -0.1) is 0 Å². The van der Waals surface area contributed by atoms with Crippen molar-refractivity contribution in [1.82, 2.24) is 9.55 Å². The van der Waals surface area contributed by atoms with Crippen molar-refractivity contribution in [2.24, 2.45) is 13.0 Å². The number of Topliss-reactive ketones (excluding diaryl/α,β-unsaturated/α-hetero) is 1. The Labute approximate surface area is 129 Å². The predicted molar refractivity (Wildman–Crippen MR) is 85.2 cm³/mol. The van der Waals surface area contributed by atoms with Crippen LogP contribution in [0.25, 0.3) is 0 Å². The number of hydrogen-bond acceptors (Lipinski definition) is 3. The first-order valence-electron chi connectivity index (χ1n) is 7.44. The average molecular weight is 300 g/mol. The molecule has 2 aromatic rings. The number of aryl methyl sites for hydroxylation is 1. The third kappa shape index (κ3) is 3.38. The molecule has 0 aliphatic heterocycles. The van der Waals surface area contributed by atoms with Gasteiger partial charge in [0.2, 0.25) is 0 Å². The van der Waals surface area contributed by atoms with Crippen molar-refractivity contribution in [1.29, 1.82) is 0 Å². The van der Waals surface area contributed by atoms with Crippen molar-refractivity contribution in [2.75, 3.05) is 0 Å². The molecule has 1 saturated carbocycles. The van der Waals surface area contributed by atoms with E-state index in [2.05, 4.69) is 29.2 Å². The first-order valence-corrected chi connectivity index (χ1v) is 8.32. The third-order valence-electron chi connectivity index (χ3n) is 4.09. The second-order valence-electron chi connectivity index (χ2n) is 5.66. The van der Waals surface area contributed by atoms with Crippen molar-refractivity contribution in [3.8, 4) is 0 Å². The fraction of sp³-hybridized carbons (Fsp3) is 0.412. The quantitative estimate of drug-likeness (QED) is 0.800. The SMILES string of the molecule is Cn1ccnc1SC(c1ccccc1)C1CCCC(=O)C1. The number of carbonyl (C=O) groups is 1. The topological polar surface area (TPSA) is 34.9 Å². The summed E-state index contributed by atoms with van der Waals surface area (Å²) in [6.45, 7) is 0. The summed E-state index contributed by atoms with van der Waals surface area (Å²) in [5, 5.41) is 1.32. The summed E-state index contributed by atoms with van der Waals surface area (Å²) in [5.74, 6) is 0.822. The maximum absolute atomic E-state index is 11.8. The largest absolute Gasteiger partial charge is 0.329 e. The van der Waals surface area contributed by atoms with E-state index in [1.165, 1.54) is 5.56 Å². The van der Waals surface area contributed by atoms with Crippen molar-refractivity contribution in [3.63, 3.8) is 0 Å². The van der Waals surface area contributed by atoms with Gasteiger partial charge in [-0.25, -0.2) is 4.98 Å². The van der Waals surface area contributed by atoms with E-state index >= 15 is 0 Å². The molecule has 0 spiro atoms. The van der Waals surface area contributed by atoms with Gasteiger partial charge in [-0.2, -0.15) is 0 Å². The van der Waals surface area contributed by atoms with E-state index in [9.17, 15) is 4.79 Å². The van der Waals surface area contributed by atoms with Crippen molar-refractivity contribution < 1.29 is 4.79 Å². The summed E-state index contributed by atoms with van der Waals surface area (Å²) in [4.78, 5) is 16.3. The Morgan fingerprint density at radius 3 is 2.81 bits per heavy atom. The van der Waals surface area contributed by atoms with Crippen LogP contribution < -0.4 is 0 Å². The van der Waals surface area contributed by atoms with E-state index in [0.29, 0.717) is 23.4 Å². The number of imidazole rings is 1. The molecule has 0 N–H and O–H groups in total. The second-order valence-corrected chi connectivity index (χ2v) is 6.77. The van der Waals surface area contributed by atoms with E-state index in [4.69, 9.17) is 0 Å². The number of rotatable bonds is 4. The molecule has 0 bridgehead atoms. The monoisotopic (exact) mass is 300 g/mol. The molecule has 0 amide bonds. The highest BCUT2D eigenvalue weighted by Gasteiger charge is 2.30. The number of benzene rings is 1. The van der Waals surface area contributed by atoms with Gasteiger partial charge in [0.05, 0.1) is 0 Å². The Morgan fingerprint density at radius 1 is 1.33 bits per heavy atom. The lowest BCUT2D eigenvalue weighted by Gasteiger charge is -2.29. The average Bonchev–Trinajstić information content (AvgIpc) is 2.91. The minimum absolute atomic E-state index is 0.302. The molecule has 2 unspecified atom stereocenters. The smallest absolute Gasteiger partial charge is 0.168 e. The Kier molecular flexibility index (Phi) is 4.44. The van der Waals surface area contributed by atoms with Crippen LogP contribution in [0.4, 0.5) is 0 Å². The molecule has 1 fully saturated rings. The van der Waals surface area contributed by atoms with E-state index < -0.39 is 0 Å². The van der Waals surface area contributed by atoms with Crippen LogP contribution in [0.5, 0.6) is 0 Å². The molecule has 110 valence electrons. The third-order valence-corrected chi connectivity index (χ3v) is 5.60. The number of ketones is 1. The van der Waals surface area contributed by atoms with Crippen LogP contribution in [-0.4, -0.2) is 15.3 Å². The maximum atomic E-state index is 11.8. The minimum atomic E-state index is 0.302. The molecule has 3 nitrogen and oxygen atoms in total. The lowest BCUT2D eigenvalue weighted by Crippen LogP contribution is -2.20. The van der Waals surface area contributed by atoms with Crippen LogP contribution in [-0.2, 0) is 11.8 Å². The molecule has 4 heteroatoms. The number of hydrogen-bond donors (Lipinski definition) is 0. The molecule has 1 aromatic heterocycles. The Hall–Kier alpha value is -1.55. The van der Waals surface area contributed by atoms with Crippen molar-refractivity contribution >= 4 is 17.5 Å². The second kappa shape index (κ2) is 6.48. The molecular weight excluding hydrogens is 280 g/mol. The maximum Gasteiger partial charge on any atom is 0.168 e. The molecular formula is C17H20N2OS. The fourth-order valence-corrected chi connectivity index (χ4v) is 4.27. The normalized spacial score (nSPS) is 20.4. The van der Waals surface area contributed by atoms with Crippen LogP contribution in [0.2, 0.25) is 0 Å². The highest BCUT2D eigenvalue weighted by molar-refractivity contribution is 7.99. The summed E-state index contributed by atoms with van der Waals surface area (Å²) in [6.07, 6.45) is 7.41. The van der Waals surface area contributed by atoms with Gasteiger partial charge >= 0.3 is 0 Å². The number of thioether (sulfide) groups is 1. The summed E-state index contributed by atoms with van der Waals surface area (Å²) >= 11 is 1.78. The van der Waals surface area contributed by atoms with E-state index in [0.717, 1.165) is 24.4 Å². The molecule has 1 aromatic carbocycles. The van der Waals surface area contributed by atoms with Crippen molar-refractivity contribution in [3.05, 3.63) is 48.3 Å². The van der Waals surface area contributed by atoms with Gasteiger partial charge in [0.15, 0.2) is 5.16 Å². The van der Waals surface area contributed by atoms with E-state index in [-0.39, 0.29) is 0 Å². The number of aromatic nitrogens is 2. The fourth-order valence-electron chi connectivity index (χ4n) is 2.97. The number of carbonyl (C=O) groups excluding carboxylic acids is 1. The van der Waals surface area contributed by atoms with Crippen LogP contribution in [0.3, 0.4) is 0 Å². The van der Waals surface area contributed by atoms with E-state index in [1.807, 2.05) is 30.1 Å². The Bertz CT molecular complexity index is 608. The highest BCUT2D eigenvalue weighted by Crippen LogP contribution is 2.44. The lowest BCUT2D eigenvalue weighted by atomic mass is 9.84. The molecule has 0 radical (unpaired) electrons. The predicted octanol–water partition coefficient (Wildman–Crippen LogP) is 4.01. The molecule has 2 atom stereocenters. The zero-order valence-corrected chi connectivity index (χ0v) is 13.1. The Balaban J connectivity index is 1.87. The summed E-state index contributed by atoms with van der Waals surface area (Å²) in [6, 6.07) is 10.5. The van der Waals surface area contributed by atoms with E-state index in [1.54, 1.807) is 11.8 Å². The first kappa shape index (κ1) is 14.4. The zero-order valence-electron chi connectivity index (χ0n) is 12.2. The van der Waals surface area contributed by atoms with Gasteiger partial charge in [-0.05, 0) is 24.3 Å². The zero-order chi connectivity index (χ0) is 14.7. The molecule has 0 saturated heterocycles. The van der Waals surface area contributed by atoms with Crippen LogP contribution in [0.15, 0.2) is 47.9 Å². The molecule has 1 aliphatic rings. The standard InChI is InChI=1S/C17H20N2OS/c1-19-11-10-18-17(19)21-16(13-6-3-2-4-7-13)14-8-5-9-15(20)12-14/h2-4,6-7,10-11,14,16H,5,8-9,12H2,1H3. The van der Waals surface area contributed by atoms with Gasteiger partial charge in [0, 0.05) is 37.5 Å². The highest BCUT2D eigenvalue weighted by atomic mass is 32.2. The Morgan fingerprint density at radius 2 is 2.14 bits per heavy atom. The first-order chi connectivity index (χ1) is 10.2. The molecule has 1 heterocycles.